The number of aryl methyl sites for hydroxylation is 1. The van der Waals surface area contributed by atoms with E-state index in [9.17, 15) is 18.0 Å². The van der Waals surface area contributed by atoms with Gasteiger partial charge in [-0.1, -0.05) is 12.1 Å². The molecule has 0 spiro atoms. The summed E-state index contributed by atoms with van der Waals surface area (Å²) in [4.78, 5) is 21.3. The lowest BCUT2D eigenvalue weighted by Gasteiger charge is -2.33. The van der Waals surface area contributed by atoms with Gasteiger partial charge in [0.15, 0.2) is 0 Å². The summed E-state index contributed by atoms with van der Waals surface area (Å²) in [6, 6.07) is 5.12. The number of fused-ring (bicyclic) bond motifs is 1. The number of rotatable bonds is 2. The number of H-pyrrole nitrogens is 1. The van der Waals surface area contributed by atoms with Gasteiger partial charge in [0.05, 0.1) is 16.8 Å². The highest BCUT2D eigenvalue weighted by Gasteiger charge is 2.31. The highest BCUT2D eigenvalue weighted by atomic mass is 19.4. The summed E-state index contributed by atoms with van der Waals surface area (Å²) in [5.74, 6) is 0.600. The summed E-state index contributed by atoms with van der Waals surface area (Å²) in [6.07, 6.45) is -3.67. The summed E-state index contributed by atoms with van der Waals surface area (Å²) in [6.45, 7) is 4.84. The summed E-state index contributed by atoms with van der Waals surface area (Å²) in [5.41, 5.74) is 1.46. The largest absolute Gasteiger partial charge is 0.416 e. The van der Waals surface area contributed by atoms with Crippen molar-refractivity contribution in [3.8, 4) is 0 Å². The van der Waals surface area contributed by atoms with Crippen molar-refractivity contribution in [3.63, 3.8) is 0 Å². The lowest BCUT2D eigenvalue weighted by atomic mass is 10.0. The number of nitrogens with zero attached hydrogens (tertiary/aromatic N) is 2. The van der Waals surface area contributed by atoms with Crippen LogP contribution in [0.4, 0.5) is 13.2 Å². The van der Waals surface area contributed by atoms with Gasteiger partial charge in [-0.2, -0.15) is 13.2 Å². The van der Waals surface area contributed by atoms with Crippen molar-refractivity contribution < 1.29 is 13.2 Å². The Morgan fingerprint density at radius 2 is 1.92 bits per heavy atom. The van der Waals surface area contributed by atoms with Crippen LogP contribution >= 0.6 is 0 Å². The monoisotopic (exact) mass is 337 g/mol. The second-order valence-electron chi connectivity index (χ2n) is 6.09. The van der Waals surface area contributed by atoms with Gasteiger partial charge in [-0.3, -0.25) is 9.69 Å². The van der Waals surface area contributed by atoms with Crippen molar-refractivity contribution in [1.29, 1.82) is 0 Å². The minimum absolute atomic E-state index is 0.0823. The van der Waals surface area contributed by atoms with Crippen molar-refractivity contribution in [1.82, 2.24) is 14.9 Å². The van der Waals surface area contributed by atoms with Crippen LogP contribution in [0.3, 0.4) is 0 Å². The van der Waals surface area contributed by atoms with Crippen molar-refractivity contribution in [2.24, 2.45) is 0 Å². The minimum Gasteiger partial charge on any atom is -0.310 e. The predicted octanol–water partition coefficient (Wildman–Crippen LogP) is 3.22. The van der Waals surface area contributed by atoms with Crippen LogP contribution in [-0.4, -0.2) is 21.4 Å². The molecule has 4 nitrogen and oxygen atoms in total. The Balaban J connectivity index is 1.81. The van der Waals surface area contributed by atoms with Crippen LogP contribution in [0.1, 0.15) is 41.2 Å². The molecular formula is C17H18F3N3O. The fourth-order valence-corrected chi connectivity index (χ4v) is 3.06. The zero-order valence-corrected chi connectivity index (χ0v) is 13.4. The van der Waals surface area contributed by atoms with Gasteiger partial charge in [0.25, 0.3) is 5.56 Å². The van der Waals surface area contributed by atoms with Crippen LogP contribution in [0, 0.1) is 6.92 Å². The van der Waals surface area contributed by atoms with Gasteiger partial charge in [-0.25, -0.2) is 4.98 Å². The number of nitrogens with one attached hydrogen (secondary N) is 1. The summed E-state index contributed by atoms with van der Waals surface area (Å²) in [5, 5.41) is 0. The third-order valence-corrected chi connectivity index (χ3v) is 4.48. The maximum Gasteiger partial charge on any atom is 0.416 e. The van der Waals surface area contributed by atoms with E-state index in [0.29, 0.717) is 30.9 Å². The standard InChI is InChI=1S/C17H18F3N3O/c1-10(12-3-5-13(6-4-12)17(18,19)20)23-8-7-15-14(9-23)16(24)22-11(2)21-15/h3-6,10H,7-9H2,1-2H3,(H,21,22,24)/t10-/m0/s1. The Hall–Kier alpha value is -2.15. The van der Waals surface area contributed by atoms with Crippen LogP contribution < -0.4 is 5.56 Å². The van der Waals surface area contributed by atoms with Crippen molar-refractivity contribution in [3.05, 3.63) is 62.8 Å². The smallest absolute Gasteiger partial charge is 0.310 e. The quantitative estimate of drug-likeness (QED) is 0.915. The zero-order valence-electron chi connectivity index (χ0n) is 13.4. The molecule has 1 N–H and O–H groups in total. The van der Waals surface area contributed by atoms with Crippen LogP contribution in [0.15, 0.2) is 29.1 Å². The second kappa shape index (κ2) is 6.05. The summed E-state index contributed by atoms with van der Waals surface area (Å²) in [7, 11) is 0. The van der Waals surface area contributed by atoms with Gasteiger partial charge < -0.3 is 4.98 Å². The van der Waals surface area contributed by atoms with E-state index in [0.717, 1.165) is 23.4 Å². The number of hydrogen-bond acceptors (Lipinski definition) is 3. The van der Waals surface area contributed by atoms with Gasteiger partial charge in [0, 0.05) is 25.6 Å². The van der Waals surface area contributed by atoms with E-state index >= 15 is 0 Å². The average molecular weight is 337 g/mol. The number of benzene rings is 1. The third-order valence-electron chi connectivity index (χ3n) is 4.48. The molecule has 0 amide bonds. The van der Waals surface area contributed by atoms with E-state index in [4.69, 9.17) is 0 Å². The molecule has 0 aliphatic carbocycles. The first-order valence-electron chi connectivity index (χ1n) is 7.75. The molecule has 7 heteroatoms. The highest BCUT2D eigenvalue weighted by molar-refractivity contribution is 5.28. The molecule has 0 radical (unpaired) electrons. The van der Waals surface area contributed by atoms with Gasteiger partial charge in [-0.15, -0.1) is 0 Å². The van der Waals surface area contributed by atoms with Gasteiger partial charge in [0.1, 0.15) is 5.82 Å². The van der Waals surface area contributed by atoms with Crippen LogP contribution in [-0.2, 0) is 19.1 Å². The number of halogens is 3. The molecule has 1 aliphatic rings. The molecule has 24 heavy (non-hydrogen) atoms. The first-order chi connectivity index (χ1) is 11.3. The Morgan fingerprint density at radius 3 is 2.54 bits per heavy atom. The van der Waals surface area contributed by atoms with Crippen molar-refractivity contribution in [2.75, 3.05) is 6.54 Å². The number of hydrogen-bond donors (Lipinski definition) is 1. The van der Waals surface area contributed by atoms with E-state index < -0.39 is 11.7 Å². The molecule has 128 valence electrons. The molecule has 1 aliphatic heterocycles. The molecular weight excluding hydrogens is 319 g/mol. The lowest BCUT2D eigenvalue weighted by Crippen LogP contribution is -2.37. The first kappa shape index (κ1) is 16.7. The average Bonchev–Trinajstić information content (AvgIpc) is 2.53. The molecule has 2 aromatic rings. The molecule has 0 unspecified atom stereocenters. The molecule has 1 aromatic heterocycles. The van der Waals surface area contributed by atoms with Gasteiger partial charge in [-0.05, 0) is 31.5 Å². The Labute approximate surface area is 137 Å². The van der Waals surface area contributed by atoms with Crippen molar-refractivity contribution in [2.45, 2.75) is 39.0 Å². The third kappa shape index (κ3) is 3.21. The minimum atomic E-state index is -4.33. The van der Waals surface area contributed by atoms with Gasteiger partial charge >= 0.3 is 6.18 Å². The maximum absolute atomic E-state index is 12.7. The number of alkyl halides is 3. The van der Waals surface area contributed by atoms with E-state index in [2.05, 4.69) is 14.9 Å². The maximum atomic E-state index is 12.7. The molecule has 3 rings (SSSR count). The zero-order chi connectivity index (χ0) is 17.5. The molecule has 0 saturated carbocycles. The molecule has 0 fully saturated rings. The number of aromatic nitrogens is 2. The lowest BCUT2D eigenvalue weighted by molar-refractivity contribution is -0.137. The van der Waals surface area contributed by atoms with E-state index in [1.807, 2.05) is 6.92 Å². The SMILES string of the molecule is Cc1nc2c(c(=O)[nH]1)CN([C@@H](C)c1ccc(C(F)(F)F)cc1)CC2. The van der Waals surface area contributed by atoms with Crippen molar-refractivity contribution >= 4 is 0 Å². The van der Waals surface area contributed by atoms with Gasteiger partial charge in [0.2, 0.25) is 0 Å². The Bertz CT molecular complexity index is 796. The fourth-order valence-electron chi connectivity index (χ4n) is 3.06. The van der Waals surface area contributed by atoms with E-state index in [-0.39, 0.29) is 11.6 Å². The van der Waals surface area contributed by atoms with E-state index in [1.165, 1.54) is 12.1 Å². The fraction of sp³-hybridized carbons (Fsp3) is 0.412. The first-order valence-corrected chi connectivity index (χ1v) is 7.75. The molecule has 0 saturated heterocycles. The van der Waals surface area contributed by atoms with Crippen LogP contribution in [0.2, 0.25) is 0 Å². The summed E-state index contributed by atoms with van der Waals surface area (Å²) >= 11 is 0. The predicted molar refractivity (Wildman–Crippen MR) is 83.6 cm³/mol. The van der Waals surface area contributed by atoms with E-state index in [1.54, 1.807) is 6.92 Å². The van der Waals surface area contributed by atoms with Crippen LogP contribution in [0.5, 0.6) is 0 Å². The second-order valence-corrected chi connectivity index (χ2v) is 6.09. The topological polar surface area (TPSA) is 49.0 Å². The normalized spacial score (nSPS) is 16.7. The Kier molecular flexibility index (Phi) is 4.21. The molecule has 1 atom stereocenters. The van der Waals surface area contributed by atoms with Crippen LogP contribution in [0.25, 0.3) is 0 Å². The molecule has 2 heterocycles. The molecule has 1 aromatic carbocycles. The molecule has 0 bridgehead atoms. The summed E-state index contributed by atoms with van der Waals surface area (Å²) < 4.78 is 38.0. The number of aromatic amines is 1. The highest BCUT2D eigenvalue weighted by Crippen LogP contribution is 2.31. The Morgan fingerprint density at radius 1 is 1.25 bits per heavy atom.